The molecule has 0 saturated heterocycles. The van der Waals surface area contributed by atoms with Gasteiger partial charge in [0.1, 0.15) is 0 Å². The number of benzene rings is 2. The van der Waals surface area contributed by atoms with Crippen LogP contribution in [0.5, 0.6) is 0 Å². The number of hydrogen-bond acceptors (Lipinski definition) is 3. The van der Waals surface area contributed by atoms with Crippen molar-refractivity contribution in [1.29, 1.82) is 0 Å². The zero-order valence-corrected chi connectivity index (χ0v) is 22.9. The molecular weight excluding hydrogens is 436 g/mol. The van der Waals surface area contributed by atoms with Crippen molar-refractivity contribution >= 4 is 24.7 Å². The first-order chi connectivity index (χ1) is 16.3. The van der Waals surface area contributed by atoms with Crippen LogP contribution in [0.1, 0.15) is 79.6 Å². The summed E-state index contributed by atoms with van der Waals surface area (Å²) in [4.78, 5) is 11.9. The van der Waals surface area contributed by atoms with Gasteiger partial charge in [0.15, 0.2) is 0 Å². The van der Waals surface area contributed by atoms with E-state index in [2.05, 4.69) is 88.4 Å². The smallest absolute Gasteiger partial charge is 0.330 e. The molecule has 0 unspecified atom stereocenters. The van der Waals surface area contributed by atoms with E-state index in [0.29, 0.717) is 13.0 Å². The van der Waals surface area contributed by atoms with Crippen LogP contribution < -0.4 is 10.4 Å². The monoisotopic (exact) mass is 480 g/mol. The number of carbonyl (C=O) groups is 1. The normalized spacial score (nSPS) is 13.2. The summed E-state index contributed by atoms with van der Waals surface area (Å²) in [6.45, 7) is 11.4. The summed E-state index contributed by atoms with van der Waals surface area (Å²) in [5, 5.41) is 2.51. The maximum absolute atomic E-state index is 11.9. The van der Waals surface area contributed by atoms with Gasteiger partial charge in [-0.15, -0.1) is 0 Å². The van der Waals surface area contributed by atoms with Crippen molar-refractivity contribution in [2.45, 2.75) is 90.7 Å². The number of unbranched alkanes of at least 4 members (excludes halogenated alkanes) is 4. The molecule has 0 aromatic heterocycles. The van der Waals surface area contributed by atoms with E-state index in [1.807, 2.05) is 13.0 Å². The largest absolute Gasteiger partial charge is 0.463 e. The van der Waals surface area contributed by atoms with Crippen LogP contribution in [0.15, 0.2) is 72.8 Å². The Kier molecular flexibility index (Phi) is 11.8. The molecule has 1 atom stereocenters. The summed E-state index contributed by atoms with van der Waals surface area (Å²) in [5.74, 6) is -0.283. The fraction of sp³-hybridized carbons (Fsp3) is 0.500. The third-order valence-electron chi connectivity index (χ3n) is 6.33. The van der Waals surface area contributed by atoms with Crippen molar-refractivity contribution < 1.29 is 14.0 Å². The molecule has 0 radical (unpaired) electrons. The molecule has 0 spiro atoms. The summed E-state index contributed by atoms with van der Waals surface area (Å²) < 4.78 is 12.4. The minimum Gasteiger partial charge on any atom is -0.463 e. The van der Waals surface area contributed by atoms with Crippen LogP contribution in [0.3, 0.4) is 0 Å². The zero-order valence-electron chi connectivity index (χ0n) is 21.9. The van der Waals surface area contributed by atoms with Gasteiger partial charge in [0, 0.05) is 12.2 Å². The molecule has 0 fully saturated rings. The SMILES string of the molecule is CCCCCCC[C@H](C/C=C\C(=O)OCC)O[Si](c1ccccc1)(c1ccccc1)C(C)(C)C. The minimum absolute atomic E-state index is 0.0404. The molecular formula is C30H44O3Si. The zero-order chi connectivity index (χ0) is 24.9. The van der Waals surface area contributed by atoms with Gasteiger partial charge in [-0.2, -0.15) is 0 Å². The molecule has 0 aliphatic heterocycles. The van der Waals surface area contributed by atoms with Gasteiger partial charge in [-0.3, -0.25) is 0 Å². The Morgan fingerprint density at radius 1 is 0.882 bits per heavy atom. The highest BCUT2D eigenvalue weighted by Gasteiger charge is 2.51. The maximum Gasteiger partial charge on any atom is 0.330 e. The maximum atomic E-state index is 11.9. The van der Waals surface area contributed by atoms with Crippen molar-refractivity contribution in [1.82, 2.24) is 0 Å². The van der Waals surface area contributed by atoms with Crippen LogP contribution in [0.25, 0.3) is 0 Å². The first-order valence-electron chi connectivity index (χ1n) is 13.0. The number of hydrogen-bond donors (Lipinski definition) is 0. The Hall–Kier alpha value is -2.17. The van der Waals surface area contributed by atoms with Crippen LogP contribution >= 0.6 is 0 Å². The van der Waals surface area contributed by atoms with Crippen LogP contribution in [-0.2, 0) is 14.0 Å². The lowest BCUT2D eigenvalue weighted by Gasteiger charge is -2.45. The Bertz CT molecular complexity index is 816. The van der Waals surface area contributed by atoms with Crippen molar-refractivity contribution in [3.63, 3.8) is 0 Å². The fourth-order valence-electron chi connectivity index (χ4n) is 4.65. The fourth-order valence-corrected chi connectivity index (χ4v) is 9.38. The molecule has 0 heterocycles. The van der Waals surface area contributed by atoms with E-state index in [1.165, 1.54) is 36.1 Å². The Morgan fingerprint density at radius 2 is 1.44 bits per heavy atom. The predicted octanol–water partition coefficient (Wildman–Crippen LogP) is 6.80. The van der Waals surface area contributed by atoms with Gasteiger partial charge in [-0.1, -0.05) is 127 Å². The van der Waals surface area contributed by atoms with Crippen LogP contribution in [0.2, 0.25) is 5.04 Å². The Balaban J connectivity index is 2.42. The highest BCUT2D eigenvalue weighted by atomic mass is 28.4. The summed E-state index contributed by atoms with van der Waals surface area (Å²) in [6, 6.07) is 21.6. The molecule has 2 aromatic carbocycles. The van der Waals surface area contributed by atoms with Crippen molar-refractivity contribution in [2.75, 3.05) is 6.61 Å². The summed E-state index contributed by atoms with van der Waals surface area (Å²) in [5.41, 5.74) is 0. The van der Waals surface area contributed by atoms with E-state index >= 15 is 0 Å². The van der Waals surface area contributed by atoms with E-state index in [-0.39, 0.29) is 17.1 Å². The third-order valence-corrected chi connectivity index (χ3v) is 11.4. The Labute approximate surface area is 208 Å². The van der Waals surface area contributed by atoms with E-state index < -0.39 is 8.32 Å². The topological polar surface area (TPSA) is 35.5 Å². The lowest BCUT2D eigenvalue weighted by atomic mass is 10.1. The van der Waals surface area contributed by atoms with E-state index in [1.54, 1.807) is 6.08 Å². The van der Waals surface area contributed by atoms with Crippen LogP contribution in [0, 0.1) is 0 Å². The molecule has 0 saturated carbocycles. The van der Waals surface area contributed by atoms with Gasteiger partial charge in [-0.05, 0) is 35.2 Å². The number of esters is 1. The molecule has 0 bridgehead atoms. The van der Waals surface area contributed by atoms with Gasteiger partial charge >= 0.3 is 5.97 Å². The molecule has 4 heteroatoms. The Morgan fingerprint density at radius 3 is 1.94 bits per heavy atom. The van der Waals surface area contributed by atoms with E-state index in [4.69, 9.17) is 9.16 Å². The van der Waals surface area contributed by atoms with Crippen molar-refractivity contribution in [2.24, 2.45) is 0 Å². The summed E-state index contributed by atoms with van der Waals surface area (Å²) in [7, 11) is -2.63. The van der Waals surface area contributed by atoms with Gasteiger partial charge in [-0.25, -0.2) is 4.79 Å². The lowest BCUT2D eigenvalue weighted by Crippen LogP contribution is -2.67. The highest BCUT2D eigenvalue weighted by molar-refractivity contribution is 6.99. The lowest BCUT2D eigenvalue weighted by molar-refractivity contribution is -0.137. The van der Waals surface area contributed by atoms with Gasteiger partial charge in [0.2, 0.25) is 0 Å². The number of rotatable bonds is 14. The summed E-state index contributed by atoms with van der Waals surface area (Å²) >= 11 is 0. The second kappa shape index (κ2) is 14.3. The third kappa shape index (κ3) is 7.95. The summed E-state index contributed by atoms with van der Waals surface area (Å²) in [6.07, 6.45) is 11.4. The molecule has 2 aromatic rings. The molecule has 2 rings (SSSR count). The van der Waals surface area contributed by atoms with Crippen molar-refractivity contribution in [3.8, 4) is 0 Å². The molecule has 0 N–H and O–H groups in total. The van der Waals surface area contributed by atoms with Crippen LogP contribution in [-0.4, -0.2) is 27.0 Å². The standard InChI is InChI=1S/C30H44O3Si/c1-6-8-9-10-13-19-26(20-18-25-29(31)32-7-2)33-34(30(3,4)5,27-21-14-11-15-22-27)28-23-16-12-17-24-28/h11-12,14-18,21-26H,6-10,13,19-20H2,1-5H3/b25-18-/t26-/m1/s1. The quantitative estimate of drug-likeness (QED) is 0.129. The number of carbonyl (C=O) groups excluding carboxylic acids is 1. The van der Waals surface area contributed by atoms with Crippen LogP contribution in [0.4, 0.5) is 0 Å². The second-order valence-electron chi connectivity index (χ2n) is 10.00. The van der Waals surface area contributed by atoms with Gasteiger partial charge in [0.05, 0.1) is 6.61 Å². The van der Waals surface area contributed by atoms with E-state index in [0.717, 1.165) is 12.8 Å². The first-order valence-corrected chi connectivity index (χ1v) is 14.9. The molecule has 0 aliphatic carbocycles. The second-order valence-corrected chi connectivity index (χ2v) is 14.2. The average molecular weight is 481 g/mol. The predicted molar refractivity (Wildman–Crippen MR) is 146 cm³/mol. The average Bonchev–Trinajstić information content (AvgIpc) is 2.82. The molecule has 0 amide bonds. The van der Waals surface area contributed by atoms with Gasteiger partial charge < -0.3 is 9.16 Å². The van der Waals surface area contributed by atoms with Gasteiger partial charge in [0.25, 0.3) is 8.32 Å². The minimum atomic E-state index is -2.63. The highest BCUT2D eigenvalue weighted by Crippen LogP contribution is 2.38. The van der Waals surface area contributed by atoms with Crippen molar-refractivity contribution in [3.05, 3.63) is 72.8 Å². The molecule has 3 nitrogen and oxygen atoms in total. The van der Waals surface area contributed by atoms with E-state index in [9.17, 15) is 4.79 Å². The molecule has 0 aliphatic rings. The first kappa shape index (κ1) is 28.1. The number of ether oxygens (including phenoxy) is 1. The molecule has 186 valence electrons. The molecule has 34 heavy (non-hydrogen) atoms.